The first-order valence-corrected chi connectivity index (χ1v) is 2.40. The van der Waals surface area contributed by atoms with E-state index in [-0.39, 0.29) is 26.0 Å². The zero-order valence-electron chi connectivity index (χ0n) is 6.44. The van der Waals surface area contributed by atoms with Gasteiger partial charge in [-0.2, -0.15) is 0 Å². The molecule has 0 atom stereocenters. The SMILES string of the molecule is C.CN(C)Cl.CNC.Cl.N. The molecule has 0 aromatic heterocycles. The maximum atomic E-state index is 5.11. The van der Waals surface area contributed by atoms with E-state index in [1.807, 2.05) is 14.1 Å². The van der Waals surface area contributed by atoms with Crippen molar-refractivity contribution in [3.05, 3.63) is 0 Å². The molecular formula is C5H21Cl2N3. The molecule has 10 heavy (non-hydrogen) atoms. The highest BCUT2D eigenvalue weighted by molar-refractivity contribution is 6.12. The lowest BCUT2D eigenvalue weighted by Crippen LogP contribution is -1.89. The molecule has 0 unspecified atom stereocenters. The highest BCUT2D eigenvalue weighted by Gasteiger charge is 1.62. The summed E-state index contributed by atoms with van der Waals surface area (Å²) in [7, 11) is 7.28. The van der Waals surface area contributed by atoms with Gasteiger partial charge in [-0.3, -0.25) is 0 Å². The second-order valence-electron chi connectivity index (χ2n) is 1.29. The van der Waals surface area contributed by atoms with Gasteiger partial charge < -0.3 is 11.5 Å². The summed E-state index contributed by atoms with van der Waals surface area (Å²) in [6.07, 6.45) is 0. The molecule has 0 aromatic rings. The van der Waals surface area contributed by atoms with Crippen LogP contribution in [0, 0.1) is 0 Å². The number of rotatable bonds is 0. The molecule has 0 rings (SSSR count). The Balaban J connectivity index is -0.0000000131. The molecule has 4 N–H and O–H groups in total. The van der Waals surface area contributed by atoms with Gasteiger partial charge in [0.15, 0.2) is 0 Å². The Morgan fingerprint density at radius 3 is 1.20 bits per heavy atom. The zero-order valence-corrected chi connectivity index (χ0v) is 8.01. The lowest BCUT2D eigenvalue weighted by Gasteiger charge is -1.85. The lowest BCUT2D eigenvalue weighted by molar-refractivity contribution is 0.681. The molecule has 0 aliphatic heterocycles. The van der Waals surface area contributed by atoms with Crippen molar-refractivity contribution in [2.45, 2.75) is 7.43 Å². The van der Waals surface area contributed by atoms with Crippen LogP contribution in [0.15, 0.2) is 0 Å². The van der Waals surface area contributed by atoms with Crippen molar-refractivity contribution in [3.63, 3.8) is 0 Å². The Kier molecular flexibility index (Phi) is 107. The Labute approximate surface area is 76.2 Å². The zero-order chi connectivity index (χ0) is 6.28. The number of nitrogens with one attached hydrogen (secondary N) is 1. The van der Waals surface area contributed by atoms with Gasteiger partial charge in [-0.1, -0.05) is 7.43 Å². The van der Waals surface area contributed by atoms with Crippen molar-refractivity contribution >= 4 is 24.2 Å². The molecule has 0 aromatic carbocycles. The van der Waals surface area contributed by atoms with Crippen molar-refractivity contribution in [3.8, 4) is 0 Å². The summed E-state index contributed by atoms with van der Waals surface area (Å²) in [6.45, 7) is 0. The van der Waals surface area contributed by atoms with Crippen molar-refractivity contribution in [2.24, 2.45) is 0 Å². The maximum Gasteiger partial charge on any atom is 0.00209 e. The highest BCUT2D eigenvalue weighted by Crippen LogP contribution is 1.71. The number of hydrogen-bond acceptors (Lipinski definition) is 3. The van der Waals surface area contributed by atoms with Crippen LogP contribution in [0.1, 0.15) is 7.43 Å². The van der Waals surface area contributed by atoms with Gasteiger partial charge in [0.2, 0.25) is 0 Å². The number of nitrogens with zero attached hydrogens (tertiary/aromatic N) is 1. The van der Waals surface area contributed by atoms with Crippen LogP contribution in [0.2, 0.25) is 0 Å². The van der Waals surface area contributed by atoms with Crippen LogP contribution in [-0.2, 0) is 0 Å². The molecule has 0 aliphatic carbocycles. The van der Waals surface area contributed by atoms with Crippen LogP contribution in [0.5, 0.6) is 0 Å². The van der Waals surface area contributed by atoms with Crippen LogP contribution in [-0.4, -0.2) is 32.6 Å². The fourth-order valence-corrected chi connectivity index (χ4v) is 0. The van der Waals surface area contributed by atoms with Gasteiger partial charge in [-0.05, 0) is 25.9 Å². The van der Waals surface area contributed by atoms with Gasteiger partial charge in [0.05, 0.1) is 0 Å². The van der Waals surface area contributed by atoms with Crippen LogP contribution in [0.3, 0.4) is 0 Å². The largest absolute Gasteiger partial charge is 0.344 e. The smallest absolute Gasteiger partial charge is 0.00209 e. The summed E-state index contributed by atoms with van der Waals surface area (Å²) in [6, 6.07) is 0. The Bertz CT molecular complexity index is 26.1. The van der Waals surface area contributed by atoms with Gasteiger partial charge in [0, 0.05) is 14.1 Å². The monoisotopic (exact) mass is 193 g/mol. The molecule has 0 saturated carbocycles. The van der Waals surface area contributed by atoms with Crippen LogP contribution >= 0.6 is 24.2 Å². The fourth-order valence-electron chi connectivity index (χ4n) is 0. The number of halogens is 2. The minimum atomic E-state index is 0. The summed E-state index contributed by atoms with van der Waals surface area (Å²) in [4.78, 5) is 0. The van der Waals surface area contributed by atoms with E-state index in [9.17, 15) is 0 Å². The molecule has 0 spiro atoms. The topological polar surface area (TPSA) is 50.3 Å². The third-order valence-corrected chi connectivity index (χ3v) is 0. The molecular weight excluding hydrogens is 173 g/mol. The second-order valence-corrected chi connectivity index (χ2v) is 1.96. The third-order valence-electron chi connectivity index (χ3n) is 0. The normalized spacial score (nSPS) is 5.40. The predicted molar refractivity (Wildman–Crippen MR) is 53.5 cm³/mol. The molecule has 70 valence electrons. The van der Waals surface area contributed by atoms with Crippen molar-refractivity contribution in [1.29, 1.82) is 0 Å². The Morgan fingerprint density at radius 2 is 1.20 bits per heavy atom. The first kappa shape index (κ1) is 31.4. The first-order valence-electron chi connectivity index (χ1n) is 2.06. The van der Waals surface area contributed by atoms with E-state index in [1.54, 1.807) is 14.1 Å². The van der Waals surface area contributed by atoms with E-state index < -0.39 is 0 Å². The van der Waals surface area contributed by atoms with Crippen molar-refractivity contribution in [2.75, 3.05) is 28.2 Å². The summed E-state index contributed by atoms with van der Waals surface area (Å²) < 4.78 is 1.47. The summed E-state index contributed by atoms with van der Waals surface area (Å²) in [5.41, 5.74) is 0. The molecule has 3 nitrogen and oxygen atoms in total. The first-order chi connectivity index (χ1) is 3.15. The van der Waals surface area contributed by atoms with Gasteiger partial charge in [-0.15, -0.1) is 12.4 Å². The van der Waals surface area contributed by atoms with E-state index in [1.165, 1.54) is 4.42 Å². The molecule has 0 bridgehead atoms. The van der Waals surface area contributed by atoms with Crippen LogP contribution in [0.4, 0.5) is 0 Å². The highest BCUT2D eigenvalue weighted by atomic mass is 35.5. The maximum absolute atomic E-state index is 5.11. The van der Waals surface area contributed by atoms with E-state index in [0.717, 1.165) is 0 Å². The lowest BCUT2D eigenvalue weighted by atomic mass is 11.3. The molecule has 0 amide bonds. The summed E-state index contributed by atoms with van der Waals surface area (Å²) >= 11 is 5.11. The molecule has 0 saturated heterocycles. The van der Waals surface area contributed by atoms with E-state index >= 15 is 0 Å². The summed E-state index contributed by atoms with van der Waals surface area (Å²) in [5, 5.41) is 2.75. The van der Waals surface area contributed by atoms with E-state index in [0.29, 0.717) is 0 Å². The fraction of sp³-hybridized carbons (Fsp3) is 1.00. The molecule has 0 heterocycles. The third kappa shape index (κ3) is 2230. The standard InChI is InChI=1S/C2H6ClN.C2H7N.CH4.ClH.H3N/c1-4(2)3;1-3-2;;;/h1-2H3;3H,1-2H3;1H4;1H;1H3. The predicted octanol–water partition coefficient (Wildman–Crippen LogP) is 1.76. The minimum absolute atomic E-state index is 0. The quantitative estimate of drug-likeness (QED) is 0.577. The molecule has 0 aliphatic rings. The van der Waals surface area contributed by atoms with Gasteiger partial charge in [-0.25, -0.2) is 4.42 Å². The Hall–Kier alpha value is 0.460. The van der Waals surface area contributed by atoms with Gasteiger partial charge in [0.1, 0.15) is 0 Å². The molecule has 5 heteroatoms. The van der Waals surface area contributed by atoms with Gasteiger partial charge >= 0.3 is 0 Å². The van der Waals surface area contributed by atoms with Gasteiger partial charge in [0.25, 0.3) is 0 Å². The van der Waals surface area contributed by atoms with Crippen molar-refractivity contribution in [1.82, 2.24) is 15.9 Å². The average Bonchev–Trinajstić information content (AvgIpc) is 1.33. The minimum Gasteiger partial charge on any atom is -0.344 e. The number of hydrogen-bond donors (Lipinski definition) is 2. The van der Waals surface area contributed by atoms with E-state index in [2.05, 4.69) is 5.32 Å². The van der Waals surface area contributed by atoms with Crippen LogP contribution in [0.25, 0.3) is 0 Å². The van der Waals surface area contributed by atoms with E-state index in [4.69, 9.17) is 11.8 Å². The second kappa shape index (κ2) is 34.0. The molecule has 0 radical (unpaired) electrons. The average molecular weight is 194 g/mol. The van der Waals surface area contributed by atoms with Crippen molar-refractivity contribution < 1.29 is 0 Å². The molecule has 0 fully saturated rings. The van der Waals surface area contributed by atoms with Crippen LogP contribution < -0.4 is 11.5 Å². The Morgan fingerprint density at radius 1 is 1.20 bits per heavy atom. The summed E-state index contributed by atoms with van der Waals surface area (Å²) in [5.74, 6) is 0.